The molecule has 0 bridgehead atoms. The molecular weight excluding hydrogens is 256 g/mol. The maximum atomic E-state index is 13.4. The summed E-state index contributed by atoms with van der Waals surface area (Å²) < 4.78 is 26.5. The standard InChI is InChI=1S/C17H25F2N/c1-11(2)12-4-6-13(7-5-12)17(20-3)14-8-9-15(18)16(19)10-14/h8-13,17,20H,4-7H2,1-3H3. The third-order valence-corrected chi connectivity index (χ3v) is 4.84. The van der Waals surface area contributed by atoms with Crippen molar-refractivity contribution in [1.29, 1.82) is 0 Å². The first-order chi connectivity index (χ1) is 9.52. The third kappa shape index (κ3) is 3.38. The molecule has 0 amide bonds. The van der Waals surface area contributed by atoms with Crippen LogP contribution in [0.25, 0.3) is 0 Å². The van der Waals surface area contributed by atoms with Crippen LogP contribution in [-0.2, 0) is 0 Å². The minimum atomic E-state index is -0.771. The topological polar surface area (TPSA) is 12.0 Å². The smallest absolute Gasteiger partial charge is 0.159 e. The molecule has 0 radical (unpaired) electrons. The zero-order valence-electron chi connectivity index (χ0n) is 12.6. The Morgan fingerprint density at radius 3 is 2.10 bits per heavy atom. The van der Waals surface area contributed by atoms with Gasteiger partial charge in [-0.25, -0.2) is 8.78 Å². The van der Waals surface area contributed by atoms with Gasteiger partial charge >= 0.3 is 0 Å². The van der Waals surface area contributed by atoms with Crippen LogP contribution in [0.1, 0.15) is 51.1 Å². The van der Waals surface area contributed by atoms with Gasteiger partial charge in [-0.1, -0.05) is 19.9 Å². The number of hydrogen-bond donors (Lipinski definition) is 1. The van der Waals surface area contributed by atoms with E-state index in [9.17, 15) is 8.78 Å². The van der Waals surface area contributed by atoms with Gasteiger partial charge < -0.3 is 5.32 Å². The molecule has 0 saturated heterocycles. The SMILES string of the molecule is CNC(c1ccc(F)c(F)c1)C1CCC(C(C)C)CC1. The highest BCUT2D eigenvalue weighted by Gasteiger charge is 2.29. The van der Waals surface area contributed by atoms with Crippen molar-refractivity contribution < 1.29 is 8.78 Å². The normalized spacial score (nSPS) is 24.9. The highest BCUT2D eigenvalue weighted by molar-refractivity contribution is 5.22. The third-order valence-electron chi connectivity index (χ3n) is 4.84. The van der Waals surface area contributed by atoms with Gasteiger partial charge in [0.25, 0.3) is 0 Å². The van der Waals surface area contributed by atoms with Gasteiger partial charge in [-0.2, -0.15) is 0 Å². The number of halogens is 2. The van der Waals surface area contributed by atoms with E-state index < -0.39 is 11.6 Å². The lowest BCUT2D eigenvalue weighted by Gasteiger charge is -2.35. The minimum absolute atomic E-state index is 0.123. The van der Waals surface area contributed by atoms with Crippen molar-refractivity contribution >= 4 is 0 Å². The summed E-state index contributed by atoms with van der Waals surface area (Å²) in [5.74, 6) is 0.548. The predicted octanol–water partition coefficient (Wildman–Crippen LogP) is 4.69. The maximum Gasteiger partial charge on any atom is 0.159 e. The lowest BCUT2D eigenvalue weighted by molar-refractivity contribution is 0.192. The van der Waals surface area contributed by atoms with Crippen molar-refractivity contribution in [3.05, 3.63) is 35.4 Å². The zero-order chi connectivity index (χ0) is 14.7. The maximum absolute atomic E-state index is 13.4. The summed E-state index contributed by atoms with van der Waals surface area (Å²) in [6.45, 7) is 4.58. The second-order valence-electron chi connectivity index (χ2n) is 6.36. The predicted molar refractivity (Wildman–Crippen MR) is 78.4 cm³/mol. The second-order valence-corrected chi connectivity index (χ2v) is 6.36. The molecule has 3 heteroatoms. The van der Waals surface area contributed by atoms with Crippen molar-refractivity contribution in [3.63, 3.8) is 0 Å². The molecule has 1 fully saturated rings. The van der Waals surface area contributed by atoms with E-state index in [0.717, 1.165) is 30.2 Å². The summed E-state index contributed by atoms with van der Waals surface area (Å²) in [5, 5.41) is 3.29. The van der Waals surface area contributed by atoms with Gasteiger partial charge in [0.1, 0.15) is 0 Å². The molecule has 0 heterocycles. The van der Waals surface area contributed by atoms with E-state index in [1.165, 1.54) is 25.0 Å². The van der Waals surface area contributed by atoms with Crippen molar-refractivity contribution in [2.75, 3.05) is 7.05 Å². The molecule has 2 rings (SSSR count). The largest absolute Gasteiger partial charge is 0.313 e. The van der Waals surface area contributed by atoms with Crippen LogP contribution in [0.15, 0.2) is 18.2 Å². The Bertz CT molecular complexity index is 437. The molecule has 1 N–H and O–H groups in total. The Balaban J connectivity index is 2.07. The Labute approximate surface area is 120 Å². The quantitative estimate of drug-likeness (QED) is 0.844. The van der Waals surface area contributed by atoms with Gasteiger partial charge in [-0.3, -0.25) is 0 Å². The van der Waals surface area contributed by atoms with Crippen LogP contribution >= 0.6 is 0 Å². The molecule has 1 aromatic carbocycles. The summed E-state index contributed by atoms with van der Waals surface area (Å²) in [5.41, 5.74) is 0.861. The van der Waals surface area contributed by atoms with Gasteiger partial charge in [0, 0.05) is 6.04 Å². The van der Waals surface area contributed by atoms with E-state index >= 15 is 0 Å². The number of benzene rings is 1. The van der Waals surface area contributed by atoms with E-state index in [0.29, 0.717) is 5.92 Å². The van der Waals surface area contributed by atoms with Crippen molar-refractivity contribution in [2.45, 2.75) is 45.6 Å². The summed E-state index contributed by atoms with van der Waals surface area (Å²) in [6, 6.07) is 4.40. The molecule has 1 aliphatic rings. The van der Waals surface area contributed by atoms with Crippen LogP contribution in [0.5, 0.6) is 0 Å². The van der Waals surface area contributed by atoms with Gasteiger partial charge in [0.05, 0.1) is 0 Å². The van der Waals surface area contributed by atoms with Crippen molar-refractivity contribution in [2.24, 2.45) is 17.8 Å². The molecule has 0 spiro atoms. The Morgan fingerprint density at radius 2 is 1.60 bits per heavy atom. The number of hydrogen-bond acceptors (Lipinski definition) is 1. The Kier molecular flexibility index (Phi) is 5.14. The average Bonchev–Trinajstić information content (AvgIpc) is 2.44. The van der Waals surface area contributed by atoms with Crippen LogP contribution in [0, 0.1) is 29.4 Å². The summed E-state index contributed by atoms with van der Waals surface area (Å²) in [6.07, 6.45) is 4.80. The molecule has 1 unspecified atom stereocenters. The van der Waals surface area contributed by atoms with E-state index in [4.69, 9.17) is 0 Å². The fourth-order valence-electron chi connectivity index (χ4n) is 3.53. The zero-order valence-corrected chi connectivity index (χ0v) is 12.6. The first-order valence-electron chi connectivity index (χ1n) is 7.65. The lowest BCUT2D eigenvalue weighted by Crippen LogP contribution is -2.30. The monoisotopic (exact) mass is 281 g/mol. The molecular formula is C17H25F2N. The molecule has 1 atom stereocenters. The molecule has 20 heavy (non-hydrogen) atoms. The minimum Gasteiger partial charge on any atom is -0.313 e. The Hall–Kier alpha value is -0.960. The van der Waals surface area contributed by atoms with E-state index in [1.807, 2.05) is 7.05 Å². The van der Waals surface area contributed by atoms with Crippen molar-refractivity contribution in [1.82, 2.24) is 5.32 Å². The number of rotatable bonds is 4. The van der Waals surface area contributed by atoms with Crippen LogP contribution in [0.2, 0.25) is 0 Å². The van der Waals surface area contributed by atoms with Crippen molar-refractivity contribution in [3.8, 4) is 0 Å². The van der Waals surface area contributed by atoms with Gasteiger partial charge in [-0.05, 0) is 68.2 Å². The van der Waals surface area contributed by atoms with Crippen LogP contribution in [-0.4, -0.2) is 7.05 Å². The fourth-order valence-corrected chi connectivity index (χ4v) is 3.53. The molecule has 0 aliphatic heterocycles. The molecule has 1 aromatic rings. The highest BCUT2D eigenvalue weighted by atomic mass is 19.2. The van der Waals surface area contributed by atoms with E-state index in [1.54, 1.807) is 6.07 Å². The fraction of sp³-hybridized carbons (Fsp3) is 0.647. The van der Waals surface area contributed by atoms with Crippen LogP contribution < -0.4 is 5.32 Å². The van der Waals surface area contributed by atoms with E-state index in [2.05, 4.69) is 19.2 Å². The molecule has 0 aromatic heterocycles. The molecule has 1 saturated carbocycles. The molecule has 1 aliphatic carbocycles. The summed E-state index contributed by atoms with van der Waals surface area (Å²) >= 11 is 0. The Morgan fingerprint density at radius 1 is 1.00 bits per heavy atom. The van der Waals surface area contributed by atoms with Gasteiger partial charge in [0.15, 0.2) is 11.6 Å². The van der Waals surface area contributed by atoms with Crippen LogP contribution in [0.4, 0.5) is 8.78 Å². The number of nitrogens with one attached hydrogen (secondary N) is 1. The summed E-state index contributed by atoms with van der Waals surface area (Å²) in [4.78, 5) is 0. The van der Waals surface area contributed by atoms with Gasteiger partial charge in [0.2, 0.25) is 0 Å². The average molecular weight is 281 g/mol. The second kappa shape index (κ2) is 6.66. The first-order valence-corrected chi connectivity index (χ1v) is 7.65. The van der Waals surface area contributed by atoms with Crippen LogP contribution in [0.3, 0.4) is 0 Å². The summed E-state index contributed by atoms with van der Waals surface area (Å²) in [7, 11) is 1.90. The lowest BCUT2D eigenvalue weighted by atomic mass is 9.73. The highest BCUT2D eigenvalue weighted by Crippen LogP contribution is 2.39. The van der Waals surface area contributed by atoms with E-state index in [-0.39, 0.29) is 6.04 Å². The molecule has 1 nitrogen and oxygen atoms in total. The van der Waals surface area contributed by atoms with Gasteiger partial charge in [-0.15, -0.1) is 0 Å². The first kappa shape index (κ1) is 15.4. The molecule has 112 valence electrons.